The van der Waals surface area contributed by atoms with Crippen LogP contribution in [0.15, 0.2) is 64.5 Å². The van der Waals surface area contributed by atoms with E-state index in [-0.39, 0.29) is 17.1 Å². The number of aromatic nitrogens is 2. The molecule has 0 N–H and O–H groups in total. The van der Waals surface area contributed by atoms with Crippen LogP contribution < -0.4 is 5.56 Å². The lowest BCUT2D eigenvalue weighted by molar-refractivity contribution is 0.102. The number of hydrogen-bond acceptors (Lipinski definition) is 5. The molecule has 2 heterocycles. The molecular weight excluding hydrogens is 460 g/mol. The van der Waals surface area contributed by atoms with Gasteiger partial charge >= 0.3 is 0 Å². The average Bonchev–Trinajstić information content (AvgIpc) is 3.16. The molecule has 0 bridgehead atoms. The highest BCUT2D eigenvalue weighted by Crippen LogP contribution is 2.37. The molecule has 0 fully saturated rings. The first kappa shape index (κ1) is 21.4. The molecule has 2 aromatic carbocycles. The molecule has 0 aliphatic heterocycles. The molecule has 1 atom stereocenters. The van der Waals surface area contributed by atoms with E-state index >= 15 is 0 Å². The molecule has 4 nitrogen and oxygen atoms in total. The van der Waals surface area contributed by atoms with Gasteiger partial charge in [0.05, 0.1) is 16.8 Å². The van der Waals surface area contributed by atoms with Crippen LogP contribution in [0.4, 0.5) is 0 Å². The first-order valence-electron chi connectivity index (χ1n) is 10.6. The first-order valence-corrected chi connectivity index (χ1v) is 12.7. The lowest BCUT2D eigenvalue weighted by atomic mass is 9.89. The second-order valence-electron chi connectivity index (χ2n) is 8.12. The minimum Gasteiger partial charge on any atom is -0.293 e. The van der Waals surface area contributed by atoms with Gasteiger partial charge in [0.25, 0.3) is 5.56 Å². The summed E-state index contributed by atoms with van der Waals surface area (Å²) < 4.78 is 1.66. The minimum absolute atomic E-state index is 0.0278. The van der Waals surface area contributed by atoms with Gasteiger partial charge in [-0.15, -0.1) is 11.3 Å². The Bertz CT molecular complexity index is 1360. The Balaban J connectivity index is 1.58. The van der Waals surface area contributed by atoms with Gasteiger partial charge in [-0.25, -0.2) is 4.98 Å². The van der Waals surface area contributed by atoms with Crippen molar-refractivity contribution in [2.24, 2.45) is 5.92 Å². The third-order valence-corrected chi connectivity index (χ3v) is 8.15. The molecule has 2 aromatic heterocycles. The van der Waals surface area contributed by atoms with Gasteiger partial charge in [0.2, 0.25) is 0 Å². The summed E-state index contributed by atoms with van der Waals surface area (Å²) in [5, 5.41) is 1.88. The zero-order chi connectivity index (χ0) is 22.2. The SMILES string of the molecule is C[C@H]1CCc2c(sc3nc(SCC(=O)c4ccc(Cl)cc4)n(-c4ccccc4)c(=O)c23)C1. The van der Waals surface area contributed by atoms with E-state index in [4.69, 9.17) is 16.6 Å². The number of rotatable bonds is 5. The maximum absolute atomic E-state index is 13.7. The number of halogens is 1. The molecule has 1 aliphatic rings. The number of nitrogens with zero attached hydrogens (tertiary/aromatic N) is 2. The molecule has 4 aromatic rings. The molecular formula is C25H21ClN2O2S2. The van der Waals surface area contributed by atoms with Gasteiger partial charge in [0.15, 0.2) is 10.9 Å². The van der Waals surface area contributed by atoms with Crippen molar-refractivity contribution in [1.29, 1.82) is 0 Å². The Kier molecular flexibility index (Phi) is 5.93. The molecule has 162 valence electrons. The predicted octanol–water partition coefficient (Wildman–Crippen LogP) is 6.20. The summed E-state index contributed by atoms with van der Waals surface area (Å²) in [6.45, 7) is 2.26. The molecule has 1 aliphatic carbocycles. The standard InChI is InChI=1S/C25H21ClN2O2S2/c1-15-7-12-19-21(13-15)32-23-22(19)24(30)28(18-5-3-2-4-6-18)25(27-23)31-14-20(29)16-8-10-17(26)11-9-16/h2-6,8-11,15H,7,12-14H2,1H3/t15-/m0/s1. The fourth-order valence-electron chi connectivity index (χ4n) is 4.12. The lowest BCUT2D eigenvalue weighted by Gasteiger charge is -2.17. The Morgan fingerprint density at radius 1 is 1.19 bits per heavy atom. The van der Waals surface area contributed by atoms with E-state index in [1.807, 2.05) is 30.3 Å². The largest absolute Gasteiger partial charge is 0.293 e. The Hall–Kier alpha value is -2.41. The van der Waals surface area contributed by atoms with Gasteiger partial charge in [-0.05, 0) is 67.1 Å². The summed E-state index contributed by atoms with van der Waals surface area (Å²) in [5.74, 6) is 0.784. The molecule has 5 rings (SSSR count). The van der Waals surface area contributed by atoms with Gasteiger partial charge < -0.3 is 0 Å². The van der Waals surface area contributed by atoms with E-state index in [0.29, 0.717) is 21.7 Å². The number of ketones is 1. The molecule has 0 spiro atoms. The van der Waals surface area contributed by atoms with E-state index in [1.54, 1.807) is 40.2 Å². The molecule has 0 amide bonds. The molecule has 0 saturated heterocycles. The van der Waals surface area contributed by atoms with Gasteiger partial charge in [-0.1, -0.05) is 48.5 Å². The highest BCUT2D eigenvalue weighted by atomic mass is 35.5. The van der Waals surface area contributed by atoms with Gasteiger partial charge in [0.1, 0.15) is 4.83 Å². The quantitative estimate of drug-likeness (QED) is 0.194. The average molecular weight is 481 g/mol. The summed E-state index contributed by atoms with van der Waals surface area (Å²) in [7, 11) is 0. The number of benzene rings is 2. The maximum Gasteiger partial charge on any atom is 0.267 e. The van der Waals surface area contributed by atoms with Gasteiger partial charge in [-0.2, -0.15) is 0 Å². The highest BCUT2D eigenvalue weighted by Gasteiger charge is 2.25. The molecule has 32 heavy (non-hydrogen) atoms. The predicted molar refractivity (Wildman–Crippen MR) is 133 cm³/mol. The van der Waals surface area contributed by atoms with Crippen molar-refractivity contribution in [1.82, 2.24) is 9.55 Å². The third kappa shape index (κ3) is 4.03. The number of thioether (sulfide) groups is 1. The summed E-state index contributed by atoms with van der Waals surface area (Å²) in [4.78, 5) is 33.4. The van der Waals surface area contributed by atoms with Crippen LogP contribution in [0.1, 0.15) is 34.1 Å². The second kappa shape index (κ2) is 8.85. The molecule has 0 radical (unpaired) electrons. The van der Waals surface area contributed by atoms with Crippen molar-refractivity contribution in [2.75, 3.05) is 5.75 Å². The van der Waals surface area contributed by atoms with Crippen LogP contribution in [0.5, 0.6) is 0 Å². The number of hydrogen-bond donors (Lipinski definition) is 0. The Morgan fingerprint density at radius 2 is 1.94 bits per heavy atom. The normalized spacial score (nSPS) is 15.6. The fraction of sp³-hybridized carbons (Fsp3) is 0.240. The summed E-state index contributed by atoms with van der Waals surface area (Å²) >= 11 is 8.87. The topological polar surface area (TPSA) is 52.0 Å². The van der Waals surface area contributed by atoms with E-state index in [9.17, 15) is 9.59 Å². The number of aryl methyl sites for hydroxylation is 1. The molecule has 0 unspecified atom stereocenters. The van der Waals surface area contributed by atoms with E-state index in [2.05, 4.69) is 6.92 Å². The van der Waals surface area contributed by atoms with Crippen molar-refractivity contribution in [2.45, 2.75) is 31.3 Å². The van der Waals surface area contributed by atoms with Crippen molar-refractivity contribution in [3.05, 3.63) is 86.0 Å². The highest BCUT2D eigenvalue weighted by molar-refractivity contribution is 7.99. The molecule has 7 heteroatoms. The monoisotopic (exact) mass is 480 g/mol. The van der Waals surface area contributed by atoms with Crippen LogP contribution >= 0.6 is 34.7 Å². The van der Waals surface area contributed by atoms with Crippen molar-refractivity contribution < 1.29 is 4.79 Å². The zero-order valence-electron chi connectivity index (χ0n) is 17.5. The van der Waals surface area contributed by atoms with Crippen molar-refractivity contribution >= 4 is 50.7 Å². The second-order valence-corrected chi connectivity index (χ2v) is 10.6. The minimum atomic E-state index is -0.0466. The third-order valence-electron chi connectivity index (χ3n) is 5.81. The van der Waals surface area contributed by atoms with Gasteiger partial charge in [0, 0.05) is 15.5 Å². The van der Waals surface area contributed by atoms with Crippen LogP contribution in [0.3, 0.4) is 0 Å². The first-order chi connectivity index (χ1) is 15.5. The van der Waals surface area contributed by atoms with Crippen LogP contribution in [-0.4, -0.2) is 21.1 Å². The number of carbonyl (C=O) groups excluding carboxylic acids is 1. The van der Waals surface area contributed by atoms with Gasteiger partial charge in [-0.3, -0.25) is 14.2 Å². The fourth-order valence-corrected chi connectivity index (χ4v) is 6.58. The van der Waals surface area contributed by atoms with Crippen molar-refractivity contribution in [3.8, 4) is 5.69 Å². The summed E-state index contributed by atoms with van der Waals surface area (Å²) in [5.41, 5.74) is 2.48. The number of carbonyl (C=O) groups is 1. The summed E-state index contributed by atoms with van der Waals surface area (Å²) in [6.07, 6.45) is 3.01. The number of Topliss-reactive ketones (excluding diaryl/α,β-unsaturated/α-hetero) is 1. The number of fused-ring (bicyclic) bond motifs is 3. The smallest absolute Gasteiger partial charge is 0.267 e. The number of para-hydroxylation sites is 1. The van der Waals surface area contributed by atoms with E-state index in [1.165, 1.54) is 22.2 Å². The van der Waals surface area contributed by atoms with E-state index < -0.39 is 0 Å². The van der Waals surface area contributed by atoms with Crippen LogP contribution in [0.2, 0.25) is 5.02 Å². The summed E-state index contributed by atoms with van der Waals surface area (Å²) in [6, 6.07) is 16.4. The maximum atomic E-state index is 13.7. The Labute approximate surface area is 199 Å². The number of thiophene rings is 1. The van der Waals surface area contributed by atoms with Crippen LogP contribution in [0, 0.1) is 5.92 Å². The van der Waals surface area contributed by atoms with Crippen molar-refractivity contribution in [3.63, 3.8) is 0 Å². The zero-order valence-corrected chi connectivity index (χ0v) is 19.9. The molecule has 0 saturated carbocycles. The van der Waals surface area contributed by atoms with Crippen LogP contribution in [0.25, 0.3) is 15.9 Å². The Morgan fingerprint density at radius 3 is 2.69 bits per heavy atom. The van der Waals surface area contributed by atoms with E-state index in [0.717, 1.165) is 35.2 Å². The van der Waals surface area contributed by atoms with Crippen LogP contribution in [-0.2, 0) is 12.8 Å². The lowest BCUT2D eigenvalue weighted by Crippen LogP contribution is -2.23.